The van der Waals surface area contributed by atoms with Crippen LogP contribution >= 0.6 is 11.8 Å². The number of amides is 1. The molecule has 3 rings (SSSR count). The summed E-state index contributed by atoms with van der Waals surface area (Å²) in [5.41, 5.74) is -0.116. The van der Waals surface area contributed by atoms with Crippen LogP contribution in [0.25, 0.3) is 0 Å². The van der Waals surface area contributed by atoms with Crippen LogP contribution in [-0.2, 0) is 6.54 Å². The second kappa shape index (κ2) is 7.53. The third kappa shape index (κ3) is 3.62. The van der Waals surface area contributed by atoms with Gasteiger partial charge < -0.3 is 9.64 Å². The maximum atomic E-state index is 12.5. The molecule has 0 saturated carbocycles. The second-order valence-corrected chi connectivity index (χ2v) is 6.56. The number of carbonyl (C=O) groups excluding carboxylic acids is 1. The van der Waals surface area contributed by atoms with Gasteiger partial charge >= 0.3 is 0 Å². The molecule has 6 nitrogen and oxygen atoms in total. The van der Waals surface area contributed by atoms with E-state index in [0.717, 1.165) is 11.5 Å². The molecule has 126 valence electrons. The van der Waals surface area contributed by atoms with Crippen molar-refractivity contribution in [2.24, 2.45) is 0 Å². The number of rotatable bonds is 6. The first kappa shape index (κ1) is 16.6. The van der Waals surface area contributed by atoms with Crippen molar-refractivity contribution >= 4 is 17.7 Å². The minimum absolute atomic E-state index is 0.132. The topological polar surface area (TPSA) is 64.4 Å². The fraction of sp³-hybridized carbons (Fsp3) is 0.353. The molecule has 0 bridgehead atoms. The maximum Gasteiger partial charge on any atom is 0.267 e. The Morgan fingerprint density at radius 2 is 2.17 bits per heavy atom. The van der Waals surface area contributed by atoms with Gasteiger partial charge in [0, 0.05) is 32.1 Å². The summed E-state index contributed by atoms with van der Waals surface area (Å²) in [5, 5.41) is 0.690. The van der Waals surface area contributed by atoms with Gasteiger partial charge in [-0.3, -0.25) is 14.2 Å². The van der Waals surface area contributed by atoms with Gasteiger partial charge in [-0.15, -0.1) is 0 Å². The Bertz CT molecular complexity index is 776. The van der Waals surface area contributed by atoms with E-state index >= 15 is 0 Å². The van der Waals surface area contributed by atoms with Crippen molar-refractivity contribution in [3.8, 4) is 5.75 Å². The molecule has 0 saturated heterocycles. The average Bonchev–Trinajstić information content (AvgIpc) is 3.09. The standard InChI is InChI=1S/C17H19N3O3S/c1-19(8-5-10-23-13-6-3-2-4-7-13)15(21)14-12-18-17-20(16(14)22)9-11-24-17/h2-4,6-7,12H,5,8-11H2,1H3. The molecule has 1 aromatic heterocycles. The molecular weight excluding hydrogens is 326 g/mol. The zero-order valence-electron chi connectivity index (χ0n) is 13.5. The minimum atomic E-state index is -0.292. The van der Waals surface area contributed by atoms with Gasteiger partial charge in [-0.25, -0.2) is 4.98 Å². The molecule has 0 atom stereocenters. The van der Waals surface area contributed by atoms with E-state index in [4.69, 9.17) is 4.74 Å². The van der Waals surface area contributed by atoms with Gasteiger partial charge in [0.15, 0.2) is 5.16 Å². The van der Waals surface area contributed by atoms with Crippen LogP contribution in [0.15, 0.2) is 46.5 Å². The van der Waals surface area contributed by atoms with Crippen LogP contribution in [0.5, 0.6) is 5.75 Å². The lowest BCUT2D eigenvalue weighted by atomic mass is 10.2. The molecule has 7 heteroatoms. The predicted molar refractivity (Wildman–Crippen MR) is 92.7 cm³/mol. The first-order chi connectivity index (χ1) is 11.7. The van der Waals surface area contributed by atoms with E-state index in [1.165, 1.54) is 18.0 Å². The molecule has 2 heterocycles. The third-order valence-electron chi connectivity index (χ3n) is 3.78. The van der Waals surface area contributed by atoms with Crippen LogP contribution in [-0.4, -0.2) is 46.3 Å². The minimum Gasteiger partial charge on any atom is -0.494 e. The molecule has 0 radical (unpaired) electrons. The van der Waals surface area contributed by atoms with Gasteiger partial charge in [-0.05, 0) is 18.6 Å². The first-order valence-corrected chi connectivity index (χ1v) is 8.81. The molecule has 0 aliphatic carbocycles. The largest absolute Gasteiger partial charge is 0.494 e. The van der Waals surface area contributed by atoms with Crippen LogP contribution in [0.2, 0.25) is 0 Å². The van der Waals surface area contributed by atoms with Gasteiger partial charge in [0.1, 0.15) is 11.3 Å². The van der Waals surface area contributed by atoms with E-state index in [1.54, 1.807) is 16.5 Å². The number of nitrogens with zero attached hydrogens (tertiary/aromatic N) is 3. The molecule has 0 fully saturated rings. The van der Waals surface area contributed by atoms with Gasteiger partial charge in [0.25, 0.3) is 11.5 Å². The fourth-order valence-electron chi connectivity index (χ4n) is 2.48. The van der Waals surface area contributed by atoms with Crippen LogP contribution in [0.4, 0.5) is 0 Å². The zero-order chi connectivity index (χ0) is 16.9. The zero-order valence-corrected chi connectivity index (χ0v) is 14.3. The highest BCUT2D eigenvalue weighted by atomic mass is 32.2. The molecule has 0 spiro atoms. The number of thioether (sulfide) groups is 1. The van der Waals surface area contributed by atoms with Crippen LogP contribution in [0, 0.1) is 0 Å². The molecule has 1 aromatic carbocycles. The van der Waals surface area contributed by atoms with E-state index in [1.807, 2.05) is 30.3 Å². The summed E-state index contributed by atoms with van der Waals surface area (Å²) in [6, 6.07) is 9.55. The van der Waals surface area contributed by atoms with Crippen LogP contribution < -0.4 is 10.3 Å². The van der Waals surface area contributed by atoms with Crippen molar-refractivity contribution in [3.05, 3.63) is 52.4 Å². The average molecular weight is 345 g/mol. The van der Waals surface area contributed by atoms with E-state index in [9.17, 15) is 9.59 Å². The first-order valence-electron chi connectivity index (χ1n) is 7.83. The van der Waals surface area contributed by atoms with Gasteiger partial charge in [0.2, 0.25) is 0 Å². The third-order valence-corrected chi connectivity index (χ3v) is 4.75. The fourth-order valence-corrected chi connectivity index (χ4v) is 3.39. The summed E-state index contributed by atoms with van der Waals surface area (Å²) >= 11 is 1.54. The summed E-state index contributed by atoms with van der Waals surface area (Å²) in [6.45, 7) is 1.64. The number of para-hydroxylation sites is 1. The highest BCUT2D eigenvalue weighted by molar-refractivity contribution is 7.99. The van der Waals surface area contributed by atoms with Gasteiger partial charge in [0.05, 0.1) is 6.61 Å². The normalized spacial score (nSPS) is 12.7. The molecular formula is C17H19N3O3S. The number of aromatic nitrogens is 2. The Hall–Kier alpha value is -2.28. The predicted octanol–water partition coefficient (Wildman–Crippen LogP) is 1.89. The van der Waals surface area contributed by atoms with Crippen molar-refractivity contribution in [2.75, 3.05) is 26.0 Å². The Morgan fingerprint density at radius 3 is 2.96 bits per heavy atom. The SMILES string of the molecule is CN(CCCOc1ccccc1)C(=O)c1cnc2n(c1=O)CCS2. The molecule has 1 aliphatic heterocycles. The number of hydrogen-bond donors (Lipinski definition) is 0. The number of ether oxygens (including phenoxy) is 1. The summed E-state index contributed by atoms with van der Waals surface area (Å²) in [6.07, 6.45) is 2.08. The van der Waals surface area contributed by atoms with Gasteiger partial charge in [-0.1, -0.05) is 30.0 Å². The van der Waals surface area contributed by atoms with E-state index < -0.39 is 0 Å². The lowest BCUT2D eigenvalue weighted by Gasteiger charge is -2.17. The number of hydrogen-bond acceptors (Lipinski definition) is 5. The summed E-state index contributed by atoms with van der Waals surface area (Å²) in [5.74, 6) is 1.34. The van der Waals surface area contributed by atoms with E-state index in [2.05, 4.69) is 4.98 Å². The molecule has 0 unspecified atom stereocenters. The molecule has 0 N–H and O–H groups in total. The lowest BCUT2D eigenvalue weighted by molar-refractivity contribution is 0.0784. The smallest absolute Gasteiger partial charge is 0.267 e. The van der Waals surface area contributed by atoms with Crippen LogP contribution in [0.3, 0.4) is 0 Å². The van der Waals surface area contributed by atoms with Crippen molar-refractivity contribution in [3.63, 3.8) is 0 Å². The Kier molecular flexibility index (Phi) is 5.20. The van der Waals surface area contributed by atoms with Crippen molar-refractivity contribution in [1.29, 1.82) is 0 Å². The quantitative estimate of drug-likeness (QED) is 0.591. The van der Waals surface area contributed by atoms with Crippen molar-refractivity contribution in [2.45, 2.75) is 18.1 Å². The van der Waals surface area contributed by atoms with E-state index in [0.29, 0.717) is 31.3 Å². The second-order valence-electron chi connectivity index (χ2n) is 5.50. The van der Waals surface area contributed by atoms with Crippen molar-refractivity contribution in [1.82, 2.24) is 14.5 Å². The van der Waals surface area contributed by atoms with Gasteiger partial charge in [-0.2, -0.15) is 0 Å². The Labute approximate surface area is 144 Å². The molecule has 2 aromatic rings. The number of benzene rings is 1. The van der Waals surface area contributed by atoms with Crippen molar-refractivity contribution < 1.29 is 9.53 Å². The molecule has 1 amide bonds. The summed E-state index contributed by atoms with van der Waals surface area (Å²) in [7, 11) is 1.69. The lowest BCUT2D eigenvalue weighted by Crippen LogP contribution is -2.35. The molecule has 1 aliphatic rings. The highest BCUT2D eigenvalue weighted by Crippen LogP contribution is 2.20. The van der Waals surface area contributed by atoms with E-state index in [-0.39, 0.29) is 17.0 Å². The van der Waals surface area contributed by atoms with Crippen LogP contribution in [0.1, 0.15) is 16.8 Å². The number of carbonyl (C=O) groups is 1. The highest BCUT2D eigenvalue weighted by Gasteiger charge is 2.21. The Balaban J connectivity index is 1.55. The number of fused-ring (bicyclic) bond motifs is 1. The Morgan fingerprint density at radius 1 is 1.38 bits per heavy atom. The summed E-state index contributed by atoms with van der Waals surface area (Å²) in [4.78, 5) is 30.6. The molecule has 24 heavy (non-hydrogen) atoms. The monoisotopic (exact) mass is 345 g/mol. The summed E-state index contributed by atoms with van der Waals surface area (Å²) < 4.78 is 7.18. The maximum absolute atomic E-state index is 12.5.